The maximum absolute atomic E-state index is 12.8. The summed E-state index contributed by atoms with van der Waals surface area (Å²) in [4.78, 5) is 37.0. The highest BCUT2D eigenvalue weighted by Crippen LogP contribution is 2.69. The number of nitrogens with two attached hydrogens (primary N) is 1. The highest BCUT2D eigenvalue weighted by molar-refractivity contribution is 5.82. The van der Waals surface area contributed by atoms with Crippen LogP contribution in [0.1, 0.15) is 117 Å². The molecule has 256 valence electrons. The number of carbonyl (C=O) groups excluding carboxylic acids is 3. The number of hydrogen-bond acceptors (Lipinski definition) is 6. The van der Waals surface area contributed by atoms with Crippen LogP contribution in [0.4, 0.5) is 0 Å². The number of rotatable bonds is 12. The number of esters is 2. The van der Waals surface area contributed by atoms with Crippen LogP contribution in [0.5, 0.6) is 5.75 Å². The third kappa shape index (κ3) is 7.19. The minimum atomic E-state index is -0.738. The first-order valence-corrected chi connectivity index (χ1v) is 18.5. The lowest BCUT2D eigenvalue weighted by molar-refractivity contribution is -0.144. The van der Waals surface area contributed by atoms with E-state index >= 15 is 0 Å². The van der Waals surface area contributed by atoms with E-state index in [4.69, 9.17) is 15.2 Å². The van der Waals surface area contributed by atoms with E-state index in [9.17, 15) is 14.4 Å². The summed E-state index contributed by atoms with van der Waals surface area (Å²) in [5, 5.41) is 2.77. The molecule has 7 heteroatoms. The van der Waals surface area contributed by atoms with Crippen LogP contribution in [0.15, 0.2) is 24.3 Å². The molecule has 0 aromatic heterocycles. The molecule has 0 spiro atoms. The standard InChI is InChI=1S/C39H60N2O5/c1-6-27-23-29-32-17-16-30(39(32,5)21-19-33(29)38(4)20-9-8-10-31(27)38)25(3)11-18-35(42)41-24-36(43)46-28-14-12-26(13-15-28)22-34(40)37(44)45-7-2/h12-15,25,27,29-34H,6-11,16-24,40H2,1-5H3,(H,41,42)/t25-,27+,29+,30-,31?,32+,33+,34?,38+,39-/m1/s1. The molecule has 0 radical (unpaired) electrons. The molecule has 4 fully saturated rings. The van der Waals surface area contributed by atoms with E-state index in [0.29, 0.717) is 41.3 Å². The van der Waals surface area contributed by atoms with Crippen molar-refractivity contribution in [2.75, 3.05) is 13.2 Å². The van der Waals surface area contributed by atoms with Crippen LogP contribution < -0.4 is 15.8 Å². The van der Waals surface area contributed by atoms with Gasteiger partial charge in [-0.05, 0) is 135 Å². The van der Waals surface area contributed by atoms with Crippen LogP contribution in [0, 0.1) is 52.3 Å². The van der Waals surface area contributed by atoms with Gasteiger partial charge in [-0.3, -0.25) is 9.59 Å². The van der Waals surface area contributed by atoms with Gasteiger partial charge in [-0.1, -0.05) is 59.1 Å². The summed E-state index contributed by atoms with van der Waals surface area (Å²) in [5.41, 5.74) is 7.67. The monoisotopic (exact) mass is 636 g/mol. The molecule has 0 heterocycles. The Morgan fingerprint density at radius 1 is 0.957 bits per heavy atom. The fourth-order valence-electron chi connectivity index (χ4n) is 11.3. The predicted molar refractivity (Wildman–Crippen MR) is 181 cm³/mol. The van der Waals surface area contributed by atoms with Crippen molar-refractivity contribution < 1.29 is 23.9 Å². The van der Waals surface area contributed by atoms with Gasteiger partial charge in [0.25, 0.3) is 0 Å². The molecule has 1 amide bonds. The number of carbonyl (C=O) groups is 3. The maximum atomic E-state index is 12.8. The molecule has 0 saturated heterocycles. The molecule has 4 aliphatic rings. The average Bonchev–Trinajstić information content (AvgIpc) is 3.40. The molecule has 5 rings (SSSR count). The van der Waals surface area contributed by atoms with Crippen LogP contribution in [0.25, 0.3) is 0 Å². The first-order valence-electron chi connectivity index (χ1n) is 18.5. The lowest BCUT2D eigenvalue weighted by Crippen LogP contribution is -2.55. The van der Waals surface area contributed by atoms with Crippen molar-refractivity contribution in [2.45, 2.75) is 124 Å². The summed E-state index contributed by atoms with van der Waals surface area (Å²) in [6.07, 6.45) is 15.6. The Labute approximate surface area is 277 Å². The molecular weight excluding hydrogens is 576 g/mol. The van der Waals surface area contributed by atoms with E-state index in [0.717, 1.165) is 41.6 Å². The second kappa shape index (κ2) is 14.8. The molecule has 3 N–H and O–H groups in total. The van der Waals surface area contributed by atoms with Gasteiger partial charge in [0.15, 0.2) is 0 Å². The SMILES string of the molecule is CCOC(=O)C(N)Cc1ccc(OC(=O)CNC(=O)CC[C@@H](C)[C@H]2CC[C@H]3[C@@H]4C[C@H](CC)C5CCCC[C@]5(C)[C@H]4CC[C@]23C)cc1. The molecule has 4 saturated carbocycles. The zero-order valence-electron chi connectivity index (χ0n) is 29.2. The van der Waals surface area contributed by atoms with E-state index in [1.54, 1.807) is 31.2 Å². The summed E-state index contributed by atoms with van der Waals surface area (Å²) >= 11 is 0. The molecule has 0 bridgehead atoms. The Morgan fingerprint density at radius 2 is 1.70 bits per heavy atom. The van der Waals surface area contributed by atoms with E-state index in [2.05, 4.69) is 33.0 Å². The van der Waals surface area contributed by atoms with Gasteiger partial charge in [-0.2, -0.15) is 0 Å². The fraction of sp³-hybridized carbons (Fsp3) is 0.769. The first-order chi connectivity index (χ1) is 22.0. The van der Waals surface area contributed by atoms with Crippen LogP contribution in [0.2, 0.25) is 0 Å². The molecule has 0 aliphatic heterocycles. The quantitative estimate of drug-likeness (QED) is 0.185. The number of benzene rings is 1. The average molecular weight is 637 g/mol. The lowest BCUT2D eigenvalue weighted by Gasteiger charge is -2.63. The Bertz CT molecular complexity index is 1220. The second-order valence-electron chi connectivity index (χ2n) is 15.8. The summed E-state index contributed by atoms with van der Waals surface area (Å²) in [7, 11) is 0. The maximum Gasteiger partial charge on any atom is 0.330 e. The number of nitrogens with one attached hydrogen (secondary N) is 1. The smallest absolute Gasteiger partial charge is 0.330 e. The molecule has 7 nitrogen and oxygen atoms in total. The van der Waals surface area contributed by atoms with Gasteiger partial charge in [-0.15, -0.1) is 0 Å². The van der Waals surface area contributed by atoms with Crippen LogP contribution in [0.3, 0.4) is 0 Å². The zero-order valence-corrected chi connectivity index (χ0v) is 29.2. The van der Waals surface area contributed by atoms with Gasteiger partial charge < -0.3 is 20.5 Å². The van der Waals surface area contributed by atoms with E-state index in [1.165, 1.54) is 64.2 Å². The van der Waals surface area contributed by atoms with Crippen molar-refractivity contribution in [3.8, 4) is 5.75 Å². The number of hydrogen-bond donors (Lipinski definition) is 2. The van der Waals surface area contributed by atoms with Crippen LogP contribution in [-0.2, 0) is 25.5 Å². The fourth-order valence-corrected chi connectivity index (χ4v) is 11.3. The van der Waals surface area contributed by atoms with Crippen molar-refractivity contribution in [3.63, 3.8) is 0 Å². The van der Waals surface area contributed by atoms with Crippen molar-refractivity contribution >= 4 is 17.8 Å². The summed E-state index contributed by atoms with van der Waals surface area (Å²) in [6.45, 7) is 12.0. The number of fused-ring (bicyclic) bond motifs is 5. The van der Waals surface area contributed by atoms with Crippen molar-refractivity contribution in [2.24, 2.45) is 58.0 Å². The molecule has 46 heavy (non-hydrogen) atoms. The summed E-state index contributed by atoms with van der Waals surface area (Å²) < 4.78 is 10.4. The van der Waals surface area contributed by atoms with Crippen LogP contribution >= 0.6 is 0 Å². The van der Waals surface area contributed by atoms with Crippen molar-refractivity contribution in [1.82, 2.24) is 5.32 Å². The number of ether oxygens (including phenoxy) is 2. The molecule has 2 unspecified atom stereocenters. The topological polar surface area (TPSA) is 108 Å². The largest absolute Gasteiger partial charge is 0.465 e. The van der Waals surface area contributed by atoms with E-state index in [1.807, 2.05) is 0 Å². The Kier molecular flexibility index (Phi) is 11.2. The Hall–Kier alpha value is -2.41. The normalized spacial score (nSPS) is 34.7. The van der Waals surface area contributed by atoms with Gasteiger partial charge in [-0.25, -0.2) is 4.79 Å². The highest BCUT2D eigenvalue weighted by Gasteiger charge is 2.61. The predicted octanol–water partition coefficient (Wildman–Crippen LogP) is 7.24. The Morgan fingerprint density at radius 3 is 2.41 bits per heavy atom. The lowest BCUT2D eigenvalue weighted by atomic mass is 9.42. The van der Waals surface area contributed by atoms with E-state index < -0.39 is 18.0 Å². The molecule has 1 aromatic rings. The van der Waals surface area contributed by atoms with Crippen molar-refractivity contribution in [3.05, 3.63) is 29.8 Å². The molecule has 10 atom stereocenters. The van der Waals surface area contributed by atoms with Crippen molar-refractivity contribution in [1.29, 1.82) is 0 Å². The number of amides is 1. The molecule has 4 aliphatic carbocycles. The highest BCUT2D eigenvalue weighted by atomic mass is 16.5. The van der Waals surface area contributed by atoms with Gasteiger partial charge in [0, 0.05) is 6.42 Å². The molecular formula is C39H60N2O5. The second-order valence-corrected chi connectivity index (χ2v) is 15.8. The summed E-state index contributed by atoms with van der Waals surface area (Å²) in [6, 6.07) is 6.14. The van der Waals surface area contributed by atoms with Gasteiger partial charge in [0.2, 0.25) is 5.91 Å². The van der Waals surface area contributed by atoms with Crippen LogP contribution in [-0.4, -0.2) is 37.0 Å². The van der Waals surface area contributed by atoms with Gasteiger partial charge in [0.1, 0.15) is 18.3 Å². The van der Waals surface area contributed by atoms with Gasteiger partial charge >= 0.3 is 11.9 Å². The zero-order chi connectivity index (χ0) is 33.1. The van der Waals surface area contributed by atoms with Gasteiger partial charge in [0.05, 0.1) is 6.61 Å². The van der Waals surface area contributed by atoms with E-state index in [-0.39, 0.29) is 19.1 Å². The Balaban J connectivity index is 1.07. The first kappa shape index (κ1) is 34.9. The minimum Gasteiger partial charge on any atom is -0.465 e. The molecule has 1 aromatic carbocycles. The third-order valence-electron chi connectivity index (χ3n) is 13.5. The summed E-state index contributed by atoms with van der Waals surface area (Å²) in [5.74, 6) is 4.98. The third-order valence-corrected chi connectivity index (χ3v) is 13.5. The minimum absolute atomic E-state index is 0.0927.